The second kappa shape index (κ2) is 11.4. The molecule has 2 aromatic carbocycles. The average Bonchev–Trinajstić information content (AvgIpc) is 3.32. The van der Waals surface area contributed by atoms with E-state index in [0.717, 1.165) is 4.90 Å². The Morgan fingerprint density at radius 3 is 2.12 bits per heavy atom. The van der Waals surface area contributed by atoms with Crippen molar-refractivity contribution in [3.8, 4) is 11.1 Å². The summed E-state index contributed by atoms with van der Waals surface area (Å²) < 4.78 is 96.0. The fourth-order valence-corrected chi connectivity index (χ4v) is 5.17. The van der Waals surface area contributed by atoms with Gasteiger partial charge in [-0.1, -0.05) is 12.1 Å². The third kappa shape index (κ3) is 6.47. The molecule has 0 unspecified atom stereocenters. The number of β-amino-alcohol motifs (C(OH)–C–C–N with tert-alkyl or cyclic N) is 1. The van der Waals surface area contributed by atoms with Crippen LogP contribution in [-0.2, 0) is 22.6 Å². The molecule has 1 saturated heterocycles. The quantitative estimate of drug-likeness (QED) is 0.329. The van der Waals surface area contributed by atoms with E-state index >= 15 is 0 Å². The molecule has 13 heteroatoms. The van der Waals surface area contributed by atoms with Gasteiger partial charge in [0.1, 0.15) is 11.6 Å². The van der Waals surface area contributed by atoms with Crippen molar-refractivity contribution in [1.82, 2.24) is 4.98 Å². The summed E-state index contributed by atoms with van der Waals surface area (Å²) in [5.74, 6) is -1.10. The van der Waals surface area contributed by atoms with E-state index in [1.54, 1.807) is 17.9 Å². The molecule has 232 valence electrons. The molecule has 0 aliphatic carbocycles. The number of carbonyl (C=O) groups excluding carboxylic acids is 1. The van der Waals surface area contributed by atoms with E-state index in [2.05, 4.69) is 4.98 Å². The summed E-state index contributed by atoms with van der Waals surface area (Å²) in [6.45, 7) is 3.85. The first kappa shape index (κ1) is 32.2. The second-order valence-corrected chi connectivity index (χ2v) is 11.2. The minimum Gasteiger partial charge on any atom is -0.394 e. The van der Waals surface area contributed by atoms with E-state index in [-0.39, 0.29) is 36.9 Å². The lowest BCUT2D eigenvalue weighted by atomic mass is 9.81. The predicted octanol–water partition coefficient (Wildman–Crippen LogP) is 6.11. The maximum Gasteiger partial charge on any atom is 0.416 e. The minimum absolute atomic E-state index is 0.00457. The Balaban J connectivity index is 1.83. The number of halogens is 7. The second-order valence-electron chi connectivity index (χ2n) is 11.2. The Labute approximate surface area is 243 Å². The molecule has 6 nitrogen and oxygen atoms in total. The van der Waals surface area contributed by atoms with Crippen molar-refractivity contribution in [2.24, 2.45) is 0 Å². The summed E-state index contributed by atoms with van der Waals surface area (Å²) >= 11 is 0. The fraction of sp³-hybridized carbons (Fsp3) is 0.400. The van der Waals surface area contributed by atoms with Gasteiger partial charge < -0.3 is 20.0 Å². The maximum atomic E-state index is 14.6. The van der Waals surface area contributed by atoms with Crippen molar-refractivity contribution in [3.05, 3.63) is 76.7 Å². The average molecular weight is 614 g/mol. The van der Waals surface area contributed by atoms with Crippen LogP contribution in [0.5, 0.6) is 0 Å². The standard InChI is InChI=1S/C30H30F7N3O3/c1-16-5-6-17(7-24(16)31)23-12-26(40-14-22(42)11-21(40)15-41)38-13-25(23)39(4)27(43)28(2,3)18-8-19(29(32,33)34)10-20(9-18)30(35,36)37/h5-10,12-13,21-22,41-42H,11,14-15H2,1-4H3/t21-,22+/m0/s1. The number of benzene rings is 2. The van der Waals surface area contributed by atoms with Gasteiger partial charge in [-0.2, -0.15) is 26.3 Å². The summed E-state index contributed by atoms with van der Waals surface area (Å²) in [4.78, 5) is 21.0. The highest BCUT2D eigenvalue weighted by Gasteiger charge is 2.41. The fourth-order valence-electron chi connectivity index (χ4n) is 5.17. The van der Waals surface area contributed by atoms with E-state index in [9.17, 15) is 45.7 Å². The molecule has 1 aliphatic rings. The SMILES string of the molecule is Cc1ccc(-c2cc(N3C[C@H](O)C[C@H]3CO)ncc2N(C)C(=O)C(C)(C)c2cc(C(F)(F)F)cc(C(F)(F)F)c2)cc1F. The lowest BCUT2D eigenvalue weighted by molar-refractivity contribution is -0.143. The van der Waals surface area contributed by atoms with Crippen molar-refractivity contribution in [3.63, 3.8) is 0 Å². The number of aryl methyl sites for hydroxylation is 1. The molecule has 4 rings (SSSR count). The van der Waals surface area contributed by atoms with Crippen LogP contribution in [0.25, 0.3) is 11.1 Å². The van der Waals surface area contributed by atoms with Crippen molar-refractivity contribution in [1.29, 1.82) is 0 Å². The smallest absolute Gasteiger partial charge is 0.394 e. The van der Waals surface area contributed by atoms with E-state index in [0.29, 0.717) is 29.1 Å². The highest BCUT2D eigenvalue weighted by Crippen LogP contribution is 2.41. The molecule has 2 heterocycles. The molecule has 1 amide bonds. The van der Waals surface area contributed by atoms with Gasteiger partial charge in [0.25, 0.3) is 0 Å². The minimum atomic E-state index is -5.10. The lowest BCUT2D eigenvalue weighted by Gasteiger charge is -2.32. The van der Waals surface area contributed by atoms with Crippen LogP contribution < -0.4 is 9.80 Å². The third-order valence-corrected chi connectivity index (χ3v) is 7.76. The first-order chi connectivity index (χ1) is 19.8. The highest BCUT2D eigenvalue weighted by atomic mass is 19.4. The molecular weight excluding hydrogens is 583 g/mol. The number of alkyl halides is 6. The largest absolute Gasteiger partial charge is 0.416 e. The number of pyridine rings is 1. The van der Waals surface area contributed by atoms with Gasteiger partial charge in [-0.3, -0.25) is 4.79 Å². The van der Waals surface area contributed by atoms with Gasteiger partial charge in [-0.25, -0.2) is 9.37 Å². The number of rotatable bonds is 6. The molecule has 0 saturated carbocycles. The zero-order valence-corrected chi connectivity index (χ0v) is 23.7. The summed E-state index contributed by atoms with van der Waals surface area (Å²) in [6.07, 6.45) is -9.38. The van der Waals surface area contributed by atoms with Crippen molar-refractivity contribution < 1.29 is 45.7 Å². The molecule has 1 aromatic heterocycles. The Bertz CT molecular complexity index is 1490. The molecule has 1 aliphatic heterocycles. The van der Waals surface area contributed by atoms with Gasteiger partial charge in [0.05, 0.1) is 47.2 Å². The Morgan fingerprint density at radius 2 is 1.58 bits per heavy atom. The van der Waals surface area contributed by atoms with Crippen LogP contribution in [0.3, 0.4) is 0 Å². The number of aromatic nitrogens is 1. The van der Waals surface area contributed by atoms with Crippen molar-refractivity contribution in [2.75, 3.05) is 30.0 Å². The van der Waals surface area contributed by atoms with Crippen LogP contribution in [0.2, 0.25) is 0 Å². The van der Waals surface area contributed by atoms with E-state index in [1.165, 1.54) is 45.3 Å². The molecule has 0 bridgehead atoms. The van der Waals surface area contributed by atoms with Gasteiger partial charge in [-0.15, -0.1) is 0 Å². The van der Waals surface area contributed by atoms with Gasteiger partial charge in [0.15, 0.2) is 0 Å². The molecule has 2 atom stereocenters. The number of amides is 1. The zero-order valence-electron chi connectivity index (χ0n) is 23.7. The van der Waals surface area contributed by atoms with Gasteiger partial charge in [-0.05, 0) is 74.2 Å². The highest BCUT2D eigenvalue weighted by molar-refractivity contribution is 6.03. The molecule has 1 fully saturated rings. The van der Waals surface area contributed by atoms with Crippen LogP contribution in [0.1, 0.15) is 42.5 Å². The van der Waals surface area contributed by atoms with Gasteiger partial charge >= 0.3 is 12.4 Å². The Kier molecular flexibility index (Phi) is 8.55. The number of hydrogen-bond acceptors (Lipinski definition) is 5. The normalized spacial score (nSPS) is 17.8. The lowest BCUT2D eigenvalue weighted by Crippen LogP contribution is -2.42. The van der Waals surface area contributed by atoms with Gasteiger partial charge in [0.2, 0.25) is 5.91 Å². The van der Waals surface area contributed by atoms with E-state index in [4.69, 9.17) is 0 Å². The van der Waals surface area contributed by atoms with E-state index in [1.807, 2.05) is 0 Å². The molecule has 43 heavy (non-hydrogen) atoms. The molecule has 3 aromatic rings. The number of anilines is 2. The summed E-state index contributed by atoms with van der Waals surface area (Å²) in [5.41, 5.74) is -4.43. The number of likely N-dealkylation sites (N-methyl/N-ethyl adjacent to an activating group) is 1. The number of nitrogens with zero attached hydrogens (tertiary/aromatic N) is 3. The number of hydrogen-bond donors (Lipinski definition) is 2. The van der Waals surface area contributed by atoms with Crippen LogP contribution in [-0.4, -0.2) is 53.4 Å². The first-order valence-corrected chi connectivity index (χ1v) is 13.2. The Hall–Kier alpha value is -3.71. The molecule has 0 radical (unpaired) electrons. The van der Waals surface area contributed by atoms with Crippen LogP contribution >= 0.6 is 0 Å². The monoisotopic (exact) mass is 613 g/mol. The maximum absolute atomic E-state index is 14.6. The number of carbonyl (C=O) groups is 1. The van der Waals surface area contributed by atoms with Gasteiger partial charge in [0, 0.05) is 19.2 Å². The topological polar surface area (TPSA) is 76.9 Å². The summed E-state index contributed by atoms with van der Waals surface area (Å²) in [7, 11) is 1.29. The third-order valence-electron chi connectivity index (χ3n) is 7.76. The van der Waals surface area contributed by atoms with Crippen LogP contribution in [0.15, 0.2) is 48.7 Å². The Morgan fingerprint density at radius 1 is 1.00 bits per heavy atom. The summed E-state index contributed by atoms with van der Waals surface area (Å²) in [6, 6.07) is 6.44. The molecule has 0 spiro atoms. The molecular formula is C30H30F7N3O3. The number of aliphatic hydroxyl groups excluding tert-OH is 2. The number of aliphatic hydroxyl groups is 2. The first-order valence-electron chi connectivity index (χ1n) is 13.2. The summed E-state index contributed by atoms with van der Waals surface area (Å²) in [5, 5.41) is 19.9. The zero-order chi connectivity index (χ0) is 32.1. The predicted molar refractivity (Wildman–Crippen MR) is 146 cm³/mol. The van der Waals surface area contributed by atoms with Crippen LogP contribution in [0.4, 0.5) is 42.2 Å². The van der Waals surface area contributed by atoms with Crippen molar-refractivity contribution in [2.45, 2.75) is 57.1 Å². The van der Waals surface area contributed by atoms with E-state index < -0.39 is 58.3 Å². The van der Waals surface area contributed by atoms with Crippen molar-refractivity contribution >= 4 is 17.4 Å². The molecule has 2 N–H and O–H groups in total. The van der Waals surface area contributed by atoms with Crippen LogP contribution in [0, 0.1) is 12.7 Å².